The Bertz CT molecular complexity index is 1860. The van der Waals surface area contributed by atoms with Crippen LogP contribution in [0.2, 0.25) is 0 Å². The van der Waals surface area contributed by atoms with Crippen LogP contribution in [0, 0.1) is 20.8 Å². The molecule has 0 aliphatic rings. The van der Waals surface area contributed by atoms with E-state index < -0.39 is 0 Å². The second-order valence-electron chi connectivity index (χ2n) is 9.27. The van der Waals surface area contributed by atoms with Crippen molar-refractivity contribution in [2.24, 2.45) is 0 Å². The lowest BCUT2D eigenvalue weighted by atomic mass is 10.1. The monoisotopic (exact) mass is 493 g/mol. The quantitative estimate of drug-likeness (QED) is 0.275. The van der Waals surface area contributed by atoms with Crippen LogP contribution in [0.5, 0.6) is 5.75 Å². The average Bonchev–Trinajstić information content (AvgIpc) is 3.48. The highest BCUT2D eigenvalue weighted by molar-refractivity contribution is 7.15. The zero-order valence-electron chi connectivity index (χ0n) is 20.6. The van der Waals surface area contributed by atoms with E-state index in [1.54, 1.807) is 4.40 Å². The van der Waals surface area contributed by atoms with Gasteiger partial charge >= 0.3 is 0 Å². The Balaban J connectivity index is 1.34. The molecular weight excluding hydrogens is 466 g/mol. The number of benzene rings is 3. The Morgan fingerprint density at radius 3 is 2.61 bits per heavy atom. The van der Waals surface area contributed by atoms with Crippen molar-refractivity contribution in [2.75, 3.05) is 6.61 Å². The molecule has 6 rings (SSSR count). The van der Waals surface area contributed by atoms with E-state index in [2.05, 4.69) is 72.8 Å². The number of hydrogen-bond donors (Lipinski definition) is 0. The van der Waals surface area contributed by atoms with Crippen LogP contribution in [0.1, 0.15) is 28.8 Å². The van der Waals surface area contributed by atoms with Gasteiger partial charge in [0.25, 0.3) is 5.56 Å². The SMILES string of the molecule is Cc1ccc(C)c(OCCCn2c(C)c(C=c3sc4nc5ccccc5n4c3=O)c3ccccc32)c1. The number of fused-ring (bicyclic) bond motifs is 4. The lowest BCUT2D eigenvalue weighted by Crippen LogP contribution is -2.22. The summed E-state index contributed by atoms with van der Waals surface area (Å²) in [6, 6.07) is 22.5. The van der Waals surface area contributed by atoms with Crippen molar-refractivity contribution in [3.63, 3.8) is 0 Å². The van der Waals surface area contributed by atoms with Crippen molar-refractivity contribution in [2.45, 2.75) is 33.7 Å². The maximum atomic E-state index is 13.3. The topological polar surface area (TPSA) is 48.5 Å². The van der Waals surface area contributed by atoms with Crippen LogP contribution in [0.4, 0.5) is 0 Å². The molecule has 3 heterocycles. The first-order chi connectivity index (χ1) is 17.5. The summed E-state index contributed by atoms with van der Waals surface area (Å²) in [7, 11) is 0. The van der Waals surface area contributed by atoms with Gasteiger partial charge in [0.15, 0.2) is 4.96 Å². The lowest BCUT2D eigenvalue weighted by molar-refractivity contribution is 0.300. The smallest absolute Gasteiger partial charge is 0.274 e. The number of imidazole rings is 1. The predicted octanol–water partition coefficient (Wildman–Crippen LogP) is 5.81. The molecule has 0 amide bonds. The van der Waals surface area contributed by atoms with Gasteiger partial charge in [-0.25, -0.2) is 9.38 Å². The van der Waals surface area contributed by atoms with Crippen molar-refractivity contribution in [3.05, 3.63) is 104 Å². The number of aryl methyl sites for hydroxylation is 3. The molecule has 5 nitrogen and oxygen atoms in total. The van der Waals surface area contributed by atoms with Gasteiger partial charge in [-0.1, -0.05) is 53.8 Å². The summed E-state index contributed by atoms with van der Waals surface area (Å²) in [5.74, 6) is 0.955. The predicted molar refractivity (Wildman–Crippen MR) is 148 cm³/mol. The van der Waals surface area contributed by atoms with E-state index in [0.717, 1.165) is 56.9 Å². The molecule has 6 heteroatoms. The summed E-state index contributed by atoms with van der Waals surface area (Å²) >= 11 is 1.45. The molecule has 3 aromatic carbocycles. The first-order valence-corrected chi connectivity index (χ1v) is 13.0. The molecule has 0 radical (unpaired) electrons. The van der Waals surface area contributed by atoms with Crippen LogP contribution >= 0.6 is 11.3 Å². The number of rotatable bonds is 6. The summed E-state index contributed by atoms with van der Waals surface area (Å²) in [5, 5.41) is 1.15. The van der Waals surface area contributed by atoms with Gasteiger partial charge in [0.1, 0.15) is 5.75 Å². The highest BCUT2D eigenvalue weighted by atomic mass is 32.1. The van der Waals surface area contributed by atoms with Gasteiger partial charge in [0.05, 0.1) is 22.2 Å². The van der Waals surface area contributed by atoms with Crippen molar-refractivity contribution >= 4 is 44.3 Å². The van der Waals surface area contributed by atoms with Crippen molar-refractivity contribution < 1.29 is 4.74 Å². The van der Waals surface area contributed by atoms with E-state index in [0.29, 0.717) is 11.1 Å². The van der Waals surface area contributed by atoms with Crippen LogP contribution in [0.25, 0.3) is 33.0 Å². The number of ether oxygens (including phenoxy) is 1. The third-order valence-electron chi connectivity index (χ3n) is 6.83. The highest BCUT2D eigenvalue weighted by Crippen LogP contribution is 2.27. The first-order valence-electron chi connectivity index (χ1n) is 12.2. The van der Waals surface area contributed by atoms with Crippen LogP contribution in [0.15, 0.2) is 71.5 Å². The fraction of sp³-hybridized carbons (Fsp3) is 0.200. The normalized spacial score (nSPS) is 12.4. The standard InChI is InChI=1S/C30H27N3O2S/c1-19-13-14-20(2)27(17-19)35-16-8-15-32-21(3)23(22-9-4-6-11-25(22)32)18-28-29(34)33-26-12-7-5-10-24(26)31-30(33)36-28/h4-7,9-14,17-18H,8,15-16H2,1-3H3. The minimum Gasteiger partial charge on any atom is -0.493 e. The maximum Gasteiger partial charge on any atom is 0.274 e. The van der Waals surface area contributed by atoms with Gasteiger partial charge in [0, 0.05) is 28.7 Å². The second kappa shape index (κ2) is 8.95. The second-order valence-corrected chi connectivity index (χ2v) is 10.3. The third kappa shape index (κ3) is 3.78. The molecule has 6 aromatic rings. The molecule has 0 aliphatic heterocycles. The van der Waals surface area contributed by atoms with Gasteiger partial charge in [0.2, 0.25) is 0 Å². The first kappa shape index (κ1) is 22.6. The molecule has 180 valence electrons. The molecular formula is C30H27N3O2S. The van der Waals surface area contributed by atoms with Gasteiger partial charge in [-0.3, -0.25) is 4.79 Å². The van der Waals surface area contributed by atoms with Gasteiger partial charge < -0.3 is 9.30 Å². The lowest BCUT2D eigenvalue weighted by Gasteiger charge is -2.12. The number of nitrogens with zero attached hydrogens (tertiary/aromatic N) is 3. The van der Waals surface area contributed by atoms with E-state index >= 15 is 0 Å². The molecule has 0 unspecified atom stereocenters. The summed E-state index contributed by atoms with van der Waals surface area (Å²) in [4.78, 5) is 18.7. The fourth-order valence-corrected chi connectivity index (χ4v) is 5.91. The highest BCUT2D eigenvalue weighted by Gasteiger charge is 2.15. The van der Waals surface area contributed by atoms with Crippen LogP contribution in [-0.2, 0) is 6.54 Å². The molecule has 0 aliphatic carbocycles. The molecule has 0 saturated carbocycles. The van der Waals surface area contributed by atoms with E-state index in [1.165, 1.54) is 22.4 Å². The van der Waals surface area contributed by atoms with Gasteiger partial charge in [-0.05, 0) is 68.7 Å². The Morgan fingerprint density at radius 1 is 0.972 bits per heavy atom. The zero-order chi connectivity index (χ0) is 24.8. The zero-order valence-corrected chi connectivity index (χ0v) is 21.4. The summed E-state index contributed by atoms with van der Waals surface area (Å²) in [6.07, 6.45) is 2.93. The van der Waals surface area contributed by atoms with Crippen LogP contribution in [-0.4, -0.2) is 20.6 Å². The average molecular weight is 494 g/mol. The molecule has 0 spiro atoms. The van der Waals surface area contributed by atoms with Crippen molar-refractivity contribution in [3.8, 4) is 5.75 Å². The number of hydrogen-bond acceptors (Lipinski definition) is 4. The molecule has 0 atom stereocenters. The van der Waals surface area contributed by atoms with Crippen molar-refractivity contribution in [1.82, 2.24) is 14.0 Å². The molecule has 0 saturated heterocycles. The van der Waals surface area contributed by atoms with Gasteiger partial charge in [-0.15, -0.1) is 0 Å². The number of aromatic nitrogens is 3. The van der Waals surface area contributed by atoms with Crippen molar-refractivity contribution in [1.29, 1.82) is 0 Å². The van der Waals surface area contributed by atoms with Crippen LogP contribution in [0.3, 0.4) is 0 Å². The maximum absolute atomic E-state index is 13.3. The summed E-state index contributed by atoms with van der Waals surface area (Å²) in [5.41, 5.74) is 7.47. The van der Waals surface area contributed by atoms with Gasteiger partial charge in [-0.2, -0.15) is 0 Å². The number of para-hydroxylation sites is 3. The third-order valence-corrected chi connectivity index (χ3v) is 7.80. The summed E-state index contributed by atoms with van der Waals surface area (Å²) < 4.78 is 10.9. The molecule has 0 N–H and O–H groups in total. The Morgan fingerprint density at radius 2 is 1.75 bits per heavy atom. The molecule has 0 fully saturated rings. The minimum absolute atomic E-state index is 0.0122. The Labute approximate surface area is 212 Å². The fourth-order valence-electron chi connectivity index (χ4n) is 4.94. The number of thiazole rings is 1. The molecule has 36 heavy (non-hydrogen) atoms. The Kier molecular flexibility index (Phi) is 5.61. The minimum atomic E-state index is -0.0122. The van der Waals surface area contributed by atoms with E-state index in [9.17, 15) is 4.79 Å². The van der Waals surface area contributed by atoms with E-state index in [-0.39, 0.29) is 5.56 Å². The van der Waals surface area contributed by atoms with Crippen LogP contribution < -0.4 is 14.8 Å². The molecule has 3 aromatic heterocycles. The summed E-state index contributed by atoms with van der Waals surface area (Å²) in [6.45, 7) is 7.79. The van der Waals surface area contributed by atoms with E-state index in [1.807, 2.05) is 30.3 Å². The largest absolute Gasteiger partial charge is 0.493 e. The van der Waals surface area contributed by atoms with E-state index in [4.69, 9.17) is 4.74 Å². The molecule has 0 bridgehead atoms. The Hall–Kier alpha value is -3.90.